The summed E-state index contributed by atoms with van der Waals surface area (Å²) < 4.78 is 0. The summed E-state index contributed by atoms with van der Waals surface area (Å²) in [4.78, 5) is 48.4. The molecule has 1 amide bonds. The lowest BCUT2D eigenvalue weighted by Gasteiger charge is -2.15. The lowest BCUT2D eigenvalue weighted by atomic mass is 9.97. The van der Waals surface area contributed by atoms with Crippen LogP contribution < -0.4 is 10.9 Å². The largest absolute Gasteiger partial charge is 0.481 e. The molecule has 2 rings (SSSR count). The fourth-order valence-corrected chi connectivity index (χ4v) is 2.69. The summed E-state index contributed by atoms with van der Waals surface area (Å²) in [5, 5.41) is 22.9. The van der Waals surface area contributed by atoms with E-state index in [1.54, 1.807) is 0 Å². The van der Waals surface area contributed by atoms with Crippen LogP contribution >= 0.6 is 0 Å². The maximum atomic E-state index is 12.5. The van der Waals surface area contributed by atoms with Crippen LogP contribution in [0, 0.1) is 22.0 Å². The highest BCUT2D eigenvalue weighted by molar-refractivity contribution is 6.06. The molecule has 0 saturated heterocycles. The number of carbonyl (C=O) groups is 2. The average Bonchev–Trinajstić information content (AvgIpc) is 2.56. The Morgan fingerprint density at radius 2 is 2.00 bits per heavy atom. The zero-order valence-electron chi connectivity index (χ0n) is 14.3. The molecule has 1 unspecified atom stereocenters. The van der Waals surface area contributed by atoms with Gasteiger partial charge in [-0.1, -0.05) is 13.8 Å². The van der Waals surface area contributed by atoms with Gasteiger partial charge in [0.1, 0.15) is 0 Å². The number of nitrogens with zero attached hydrogens (tertiary/aromatic N) is 1. The van der Waals surface area contributed by atoms with Gasteiger partial charge in [-0.3, -0.25) is 24.5 Å². The van der Waals surface area contributed by atoms with Crippen molar-refractivity contribution in [3.05, 3.63) is 50.3 Å². The quantitative estimate of drug-likeness (QED) is 0.508. The minimum atomic E-state index is -1.02. The first-order valence-corrected chi connectivity index (χ1v) is 8.01. The predicted molar refractivity (Wildman–Crippen MR) is 94.1 cm³/mol. The summed E-state index contributed by atoms with van der Waals surface area (Å²) in [5.74, 6) is -2.31. The first kappa shape index (κ1) is 19.1. The Balaban J connectivity index is 2.34. The van der Waals surface area contributed by atoms with Gasteiger partial charge in [0, 0.05) is 35.6 Å². The Bertz CT molecular complexity index is 918. The highest BCUT2D eigenvalue weighted by Gasteiger charge is 2.21. The number of carboxylic acids is 1. The Kier molecular flexibility index (Phi) is 5.71. The normalized spacial score (nSPS) is 12.1. The number of aromatic amines is 1. The maximum absolute atomic E-state index is 12.5. The number of carbonyl (C=O) groups excluding carboxylic acids is 1. The smallest absolute Gasteiger partial charge is 0.308 e. The monoisotopic (exact) mass is 361 g/mol. The van der Waals surface area contributed by atoms with Gasteiger partial charge in [0.25, 0.3) is 11.6 Å². The van der Waals surface area contributed by atoms with Crippen molar-refractivity contribution in [1.29, 1.82) is 0 Å². The van der Waals surface area contributed by atoms with E-state index in [-0.39, 0.29) is 34.6 Å². The van der Waals surface area contributed by atoms with Crippen LogP contribution in [-0.2, 0) is 4.79 Å². The number of nitrogens with one attached hydrogen (secondary N) is 2. The number of pyridine rings is 1. The number of hydrogen-bond acceptors (Lipinski definition) is 5. The lowest BCUT2D eigenvalue weighted by molar-refractivity contribution is -0.384. The summed E-state index contributed by atoms with van der Waals surface area (Å²) in [5.41, 5.74) is -0.512. The number of nitro groups is 1. The van der Waals surface area contributed by atoms with Crippen molar-refractivity contribution in [2.75, 3.05) is 6.54 Å². The van der Waals surface area contributed by atoms with E-state index >= 15 is 0 Å². The molecule has 3 N–H and O–H groups in total. The van der Waals surface area contributed by atoms with E-state index in [9.17, 15) is 29.6 Å². The van der Waals surface area contributed by atoms with Gasteiger partial charge < -0.3 is 15.4 Å². The van der Waals surface area contributed by atoms with Crippen LogP contribution in [0.1, 0.15) is 30.6 Å². The van der Waals surface area contributed by atoms with Crippen molar-refractivity contribution in [3.63, 3.8) is 0 Å². The van der Waals surface area contributed by atoms with Gasteiger partial charge in [-0.05, 0) is 18.4 Å². The molecule has 138 valence electrons. The number of nitro benzene ring substituents is 1. The van der Waals surface area contributed by atoms with Crippen molar-refractivity contribution in [2.24, 2.45) is 11.8 Å². The topological polar surface area (TPSA) is 142 Å². The van der Waals surface area contributed by atoms with Crippen LogP contribution in [0.4, 0.5) is 5.69 Å². The van der Waals surface area contributed by atoms with Crippen molar-refractivity contribution in [2.45, 2.75) is 20.3 Å². The molecule has 1 heterocycles. The van der Waals surface area contributed by atoms with E-state index in [2.05, 4.69) is 10.3 Å². The van der Waals surface area contributed by atoms with Gasteiger partial charge in [-0.15, -0.1) is 0 Å². The molecule has 0 aliphatic rings. The summed E-state index contributed by atoms with van der Waals surface area (Å²) >= 11 is 0. The number of rotatable bonds is 7. The second-order valence-electron chi connectivity index (χ2n) is 6.41. The minimum Gasteiger partial charge on any atom is -0.481 e. The van der Waals surface area contributed by atoms with Crippen LogP contribution in [0.5, 0.6) is 0 Å². The molecular formula is C17H19N3O6. The molecule has 2 aromatic rings. The molecule has 1 aromatic carbocycles. The fourth-order valence-electron chi connectivity index (χ4n) is 2.69. The standard InChI is InChI=1S/C17H19N3O6/c1-9(2)5-10(17(23)24)8-18-16(22)13-7-15(21)19-14-4-3-11(20(25)26)6-12(13)14/h3-4,6-7,9-10H,5,8H2,1-2H3,(H,18,22)(H,19,21)(H,23,24). The number of carboxylic acid groups (broad SMARTS) is 1. The summed E-state index contributed by atoms with van der Waals surface area (Å²) in [6, 6.07) is 4.82. The molecule has 1 atom stereocenters. The van der Waals surface area contributed by atoms with E-state index in [4.69, 9.17) is 0 Å². The molecule has 9 heteroatoms. The molecule has 0 radical (unpaired) electrons. The molecule has 0 fully saturated rings. The zero-order chi connectivity index (χ0) is 19.4. The van der Waals surface area contributed by atoms with Crippen LogP contribution in [0.15, 0.2) is 29.1 Å². The number of fused-ring (bicyclic) bond motifs is 1. The summed E-state index contributed by atoms with van der Waals surface area (Å²) in [6.07, 6.45) is 0.386. The fraction of sp³-hybridized carbons (Fsp3) is 0.353. The van der Waals surface area contributed by atoms with Gasteiger partial charge >= 0.3 is 5.97 Å². The highest BCUT2D eigenvalue weighted by Crippen LogP contribution is 2.21. The van der Waals surface area contributed by atoms with Crippen LogP contribution in [0.25, 0.3) is 10.9 Å². The molecule has 0 aliphatic heterocycles. The molecule has 9 nitrogen and oxygen atoms in total. The van der Waals surface area contributed by atoms with Gasteiger partial charge in [-0.25, -0.2) is 0 Å². The van der Waals surface area contributed by atoms with E-state index in [1.165, 1.54) is 18.2 Å². The molecule has 0 bridgehead atoms. The number of aromatic nitrogens is 1. The van der Waals surface area contributed by atoms with Gasteiger partial charge in [0.05, 0.1) is 16.4 Å². The van der Waals surface area contributed by atoms with E-state index < -0.39 is 28.3 Å². The molecule has 26 heavy (non-hydrogen) atoms. The first-order chi connectivity index (χ1) is 12.2. The second-order valence-corrected chi connectivity index (χ2v) is 6.41. The van der Waals surface area contributed by atoms with Crippen LogP contribution in [0.3, 0.4) is 0 Å². The van der Waals surface area contributed by atoms with Gasteiger partial charge in [-0.2, -0.15) is 0 Å². The summed E-state index contributed by atoms with van der Waals surface area (Å²) in [6.45, 7) is 3.65. The highest BCUT2D eigenvalue weighted by atomic mass is 16.6. The third-order valence-corrected chi connectivity index (χ3v) is 3.90. The number of amides is 1. The Labute approximate surface area is 148 Å². The molecule has 0 spiro atoms. The van der Waals surface area contributed by atoms with Crippen molar-refractivity contribution < 1.29 is 19.6 Å². The van der Waals surface area contributed by atoms with Crippen molar-refractivity contribution in [1.82, 2.24) is 10.3 Å². The van der Waals surface area contributed by atoms with Crippen LogP contribution in [0.2, 0.25) is 0 Å². The van der Waals surface area contributed by atoms with E-state index in [0.29, 0.717) is 6.42 Å². The van der Waals surface area contributed by atoms with E-state index in [0.717, 1.165) is 6.07 Å². The van der Waals surface area contributed by atoms with Crippen molar-refractivity contribution >= 4 is 28.5 Å². The predicted octanol–water partition coefficient (Wildman–Crippen LogP) is 1.91. The van der Waals surface area contributed by atoms with Crippen molar-refractivity contribution in [3.8, 4) is 0 Å². The third-order valence-electron chi connectivity index (χ3n) is 3.90. The number of non-ortho nitro benzene ring substituents is 1. The van der Waals surface area contributed by atoms with Crippen LogP contribution in [-0.4, -0.2) is 33.4 Å². The maximum Gasteiger partial charge on any atom is 0.308 e. The zero-order valence-corrected chi connectivity index (χ0v) is 14.3. The number of benzene rings is 1. The summed E-state index contributed by atoms with van der Waals surface area (Å²) in [7, 11) is 0. The Morgan fingerprint density at radius 3 is 2.58 bits per heavy atom. The van der Waals surface area contributed by atoms with Gasteiger partial charge in [0.15, 0.2) is 0 Å². The first-order valence-electron chi connectivity index (χ1n) is 8.01. The number of H-pyrrole nitrogens is 1. The van der Waals surface area contributed by atoms with Gasteiger partial charge in [0.2, 0.25) is 5.56 Å². The number of aliphatic carboxylic acids is 1. The molecular weight excluding hydrogens is 342 g/mol. The third kappa shape index (κ3) is 4.44. The molecule has 0 saturated carbocycles. The Morgan fingerprint density at radius 1 is 1.31 bits per heavy atom. The lowest BCUT2D eigenvalue weighted by Crippen LogP contribution is -2.34. The van der Waals surface area contributed by atoms with E-state index in [1.807, 2.05) is 13.8 Å². The molecule has 0 aliphatic carbocycles. The average molecular weight is 361 g/mol. The number of hydrogen-bond donors (Lipinski definition) is 3. The second kappa shape index (κ2) is 7.77. The molecule has 1 aromatic heterocycles. The SMILES string of the molecule is CC(C)CC(CNC(=O)c1cc(=O)[nH]c2ccc([N+](=O)[O-])cc12)C(=O)O. The minimum absolute atomic E-state index is 0.0406. The Hall–Kier alpha value is -3.23.